The highest BCUT2D eigenvalue weighted by Gasteiger charge is 2.34. The van der Waals surface area contributed by atoms with E-state index in [1.165, 1.54) is 12.1 Å². The molecule has 1 aromatic rings. The maximum atomic E-state index is 12.5. The zero-order valence-electron chi connectivity index (χ0n) is 7.65. The fraction of sp³-hybridized carbons (Fsp3) is 0.250. The highest BCUT2D eigenvalue weighted by molar-refractivity contribution is 7.80. The second kappa shape index (κ2) is 4.19. The van der Waals surface area contributed by atoms with Crippen LogP contribution in [0.2, 0.25) is 0 Å². The summed E-state index contributed by atoms with van der Waals surface area (Å²) >= 11 is -2.47. The molecule has 0 heterocycles. The van der Waals surface area contributed by atoms with Crippen molar-refractivity contribution in [1.82, 2.24) is 0 Å². The van der Waals surface area contributed by atoms with Gasteiger partial charge < -0.3 is 0 Å². The van der Waals surface area contributed by atoms with E-state index in [1.54, 1.807) is 0 Å². The van der Waals surface area contributed by atoms with Crippen LogP contribution in [0.5, 0.6) is 0 Å². The van der Waals surface area contributed by atoms with Gasteiger partial charge in [-0.3, -0.25) is 8.86 Å². The van der Waals surface area contributed by atoms with Crippen molar-refractivity contribution >= 4 is 17.0 Å². The first-order chi connectivity index (χ1) is 6.84. The monoisotopic (exact) mass is 239 g/mol. The Balaban J connectivity index is 3.24. The third-order valence-corrected chi connectivity index (χ3v) is 2.45. The van der Waals surface area contributed by atoms with Crippen molar-refractivity contribution in [2.24, 2.45) is 0 Å². The minimum atomic E-state index is -4.54. The van der Waals surface area contributed by atoms with Crippen molar-refractivity contribution in [2.45, 2.75) is 6.18 Å². The van der Waals surface area contributed by atoms with Crippen molar-refractivity contribution in [3.05, 3.63) is 29.8 Å². The van der Waals surface area contributed by atoms with Gasteiger partial charge in [-0.25, -0.2) is 4.21 Å². The number of halogens is 3. The molecule has 0 aliphatic carbocycles. The Morgan fingerprint density at radius 2 is 1.87 bits per heavy atom. The van der Waals surface area contributed by atoms with Crippen LogP contribution in [0.25, 0.3) is 0 Å². The molecule has 15 heavy (non-hydrogen) atoms. The summed E-state index contributed by atoms with van der Waals surface area (Å²) in [5.74, 6) is 0. The lowest BCUT2D eigenvalue weighted by molar-refractivity contribution is -0.137. The van der Waals surface area contributed by atoms with Crippen LogP contribution in [0, 0.1) is 0 Å². The van der Waals surface area contributed by atoms with Crippen LogP contribution in [-0.2, 0) is 17.4 Å². The molecule has 1 atom stereocenters. The lowest BCUT2D eigenvalue weighted by Crippen LogP contribution is -2.22. The van der Waals surface area contributed by atoms with E-state index in [0.29, 0.717) is 4.31 Å². The predicted octanol–water partition coefficient (Wildman–Crippen LogP) is 2.28. The molecule has 0 saturated carbocycles. The van der Waals surface area contributed by atoms with Crippen molar-refractivity contribution in [3.8, 4) is 0 Å². The molecule has 0 radical (unpaired) electrons. The second-order valence-electron chi connectivity index (χ2n) is 2.74. The van der Waals surface area contributed by atoms with Gasteiger partial charge >= 0.3 is 6.18 Å². The molecule has 84 valence electrons. The summed E-state index contributed by atoms with van der Waals surface area (Å²) in [5.41, 5.74) is -1.26. The molecule has 7 heteroatoms. The number of hydrogen-bond donors (Lipinski definition) is 1. The summed E-state index contributed by atoms with van der Waals surface area (Å²) in [4.78, 5) is 0. The van der Waals surface area contributed by atoms with Gasteiger partial charge in [-0.15, -0.1) is 0 Å². The van der Waals surface area contributed by atoms with Gasteiger partial charge in [0.25, 0.3) is 11.3 Å². The molecule has 3 nitrogen and oxygen atoms in total. The van der Waals surface area contributed by atoms with Crippen LogP contribution >= 0.6 is 0 Å². The van der Waals surface area contributed by atoms with Crippen LogP contribution in [0.3, 0.4) is 0 Å². The van der Waals surface area contributed by atoms with Crippen LogP contribution < -0.4 is 4.31 Å². The fourth-order valence-corrected chi connectivity index (χ4v) is 1.40. The van der Waals surface area contributed by atoms with E-state index >= 15 is 0 Å². The lowest BCUT2D eigenvalue weighted by atomic mass is 10.2. The quantitative estimate of drug-likeness (QED) is 0.804. The number of rotatable bonds is 2. The van der Waals surface area contributed by atoms with Crippen LogP contribution in [0.1, 0.15) is 5.56 Å². The molecule has 1 aromatic carbocycles. The first-order valence-corrected chi connectivity index (χ1v) is 4.91. The fourth-order valence-electron chi connectivity index (χ4n) is 1.07. The molecule has 0 saturated heterocycles. The third-order valence-electron chi connectivity index (χ3n) is 1.78. The Labute approximate surface area is 86.9 Å². The SMILES string of the molecule is CN(c1ccccc1C(F)(F)F)S(=O)O. The minimum absolute atomic E-state index is 0.328. The van der Waals surface area contributed by atoms with E-state index in [-0.39, 0.29) is 5.69 Å². The molecule has 0 fully saturated rings. The number of nitrogens with zero attached hydrogens (tertiary/aromatic N) is 1. The van der Waals surface area contributed by atoms with Crippen molar-refractivity contribution in [1.29, 1.82) is 0 Å². The predicted molar refractivity (Wildman–Crippen MR) is 50.6 cm³/mol. The normalized spacial score (nSPS) is 13.7. The van der Waals surface area contributed by atoms with Gasteiger partial charge in [-0.1, -0.05) is 12.1 Å². The Bertz CT molecular complexity index is 380. The van der Waals surface area contributed by atoms with E-state index < -0.39 is 23.0 Å². The maximum Gasteiger partial charge on any atom is 0.418 e. The summed E-state index contributed by atoms with van der Waals surface area (Å²) in [6.45, 7) is 0. The van der Waals surface area contributed by atoms with E-state index in [2.05, 4.69) is 0 Å². The maximum absolute atomic E-state index is 12.5. The highest BCUT2D eigenvalue weighted by atomic mass is 32.2. The molecule has 1 unspecified atom stereocenters. The van der Waals surface area contributed by atoms with Crippen molar-refractivity contribution in [2.75, 3.05) is 11.4 Å². The zero-order valence-corrected chi connectivity index (χ0v) is 8.47. The molecule has 1 rings (SSSR count). The summed E-state index contributed by atoms with van der Waals surface area (Å²) in [5, 5.41) is 0. The summed E-state index contributed by atoms with van der Waals surface area (Å²) < 4.78 is 57.4. The van der Waals surface area contributed by atoms with Gasteiger partial charge in [-0.2, -0.15) is 13.2 Å². The van der Waals surface area contributed by atoms with Crippen LogP contribution in [0.4, 0.5) is 18.9 Å². The number of hydrogen-bond acceptors (Lipinski definition) is 1. The van der Waals surface area contributed by atoms with Gasteiger partial charge in [0.1, 0.15) is 0 Å². The standard InChI is InChI=1S/C8H8F3NO2S/c1-12(15(13)14)7-5-3-2-4-6(7)8(9,10)11/h2-5H,1H3,(H,13,14). The Kier molecular flexibility index (Phi) is 3.35. The van der Waals surface area contributed by atoms with E-state index in [1.807, 2.05) is 0 Å². The molecule has 0 aromatic heterocycles. The lowest BCUT2D eigenvalue weighted by Gasteiger charge is -2.19. The summed E-state index contributed by atoms with van der Waals surface area (Å²) in [6.07, 6.45) is -4.54. The second-order valence-corrected chi connectivity index (χ2v) is 3.75. The van der Waals surface area contributed by atoms with E-state index in [4.69, 9.17) is 4.55 Å². The molecule has 1 N–H and O–H groups in total. The topological polar surface area (TPSA) is 40.5 Å². The van der Waals surface area contributed by atoms with Gasteiger partial charge in [0.2, 0.25) is 0 Å². The van der Waals surface area contributed by atoms with Gasteiger partial charge in [-0.05, 0) is 12.1 Å². The first-order valence-electron chi connectivity index (χ1n) is 3.85. The van der Waals surface area contributed by atoms with Gasteiger partial charge in [0.15, 0.2) is 0 Å². The molecular weight excluding hydrogens is 231 g/mol. The Hall–Kier alpha value is -1.08. The average molecular weight is 239 g/mol. The molecule has 0 amide bonds. The van der Waals surface area contributed by atoms with E-state index in [0.717, 1.165) is 19.2 Å². The highest BCUT2D eigenvalue weighted by Crippen LogP contribution is 2.36. The van der Waals surface area contributed by atoms with Crippen LogP contribution in [-0.4, -0.2) is 15.8 Å². The first kappa shape index (κ1) is 12.0. The Morgan fingerprint density at radius 3 is 2.33 bits per heavy atom. The number of anilines is 1. The van der Waals surface area contributed by atoms with Crippen molar-refractivity contribution < 1.29 is 21.9 Å². The number of para-hydroxylation sites is 1. The van der Waals surface area contributed by atoms with Crippen molar-refractivity contribution in [3.63, 3.8) is 0 Å². The third kappa shape index (κ3) is 2.69. The van der Waals surface area contributed by atoms with E-state index in [9.17, 15) is 17.4 Å². The smallest absolute Gasteiger partial charge is 0.289 e. The molecule has 0 aliphatic rings. The summed E-state index contributed by atoms with van der Waals surface area (Å²) in [6, 6.07) is 4.59. The zero-order chi connectivity index (χ0) is 11.6. The number of alkyl halides is 3. The molecular formula is C8H8F3NO2S. The minimum Gasteiger partial charge on any atom is -0.289 e. The Morgan fingerprint density at radius 1 is 1.33 bits per heavy atom. The average Bonchev–Trinajstić information content (AvgIpc) is 2.15. The number of benzene rings is 1. The van der Waals surface area contributed by atoms with Crippen LogP contribution in [0.15, 0.2) is 24.3 Å². The molecule has 0 spiro atoms. The summed E-state index contributed by atoms with van der Waals surface area (Å²) in [7, 11) is 1.11. The van der Waals surface area contributed by atoms with Gasteiger partial charge in [0.05, 0.1) is 11.3 Å². The largest absolute Gasteiger partial charge is 0.418 e. The molecule has 0 bridgehead atoms. The van der Waals surface area contributed by atoms with Gasteiger partial charge in [0, 0.05) is 7.05 Å². The molecule has 0 aliphatic heterocycles.